The number of nitrogens with zero attached hydrogens (tertiary/aromatic N) is 1. The monoisotopic (exact) mass is 230 g/mol. The van der Waals surface area contributed by atoms with Crippen molar-refractivity contribution in [3.63, 3.8) is 0 Å². The highest BCUT2D eigenvalue weighted by atomic mass is 16.5. The van der Waals surface area contributed by atoms with E-state index in [0.29, 0.717) is 19.1 Å². The van der Waals surface area contributed by atoms with E-state index in [1.807, 2.05) is 0 Å². The van der Waals surface area contributed by atoms with E-state index in [0.717, 1.165) is 19.6 Å². The summed E-state index contributed by atoms with van der Waals surface area (Å²) in [5.41, 5.74) is 0.155. The lowest BCUT2D eigenvalue weighted by Crippen LogP contribution is -2.44. The molecule has 0 aliphatic rings. The van der Waals surface area contributed by atoms with Gasteiger partial charge in [-0.1, -0.05) is 0 Å². The highest BCUT2D eigenvalue weighted by Crippen LogP contribution is 2.00. The smallest absolute Gasteiger partial charge is 0.293 e. The minimum Gasteiger partial charge on any atom is -0.467 e. The number of hydrogen-bond acceptors (Lipinski definition) is 4. The molecule has 0 aromatic heterocycles. The van der Waals surface area contributed by atoms with Gasteiger partial charge in [-0.05, 0) is 34.6 Å². The lowest BCUT2D eigenvalue weighted by atomic mass is 10.1. The van der Waals surface area contributed by atoms with Gasteiger partial charge >= 0.3 is 0 Å². The van der Waals surface area contributed by atoms with E-state index >= 15 is 0 Å². The van der Waals surface area contributed by atoms with Crippen LogP contribution in [0.1, 0.15) is 34.6 Å². The van der Waals surface area contributed by atoms with Crippen LogP contribution in [0.3, 0.4) is 0 Å². The molecule has 0 aliphatic carbocycles. The van der Waals surface area contributed by atoms with Crippen LogP contribution < -0.4 is 5.32 Å². The predicted octanol–water partition coefficient (Wildman–Crippen LogP) is 1.26. The number of hydrogen-bond donors (Lipinski definition) is 1. The summed E-state index contributed by atoms with van der Waals surface area (Å²) in [5, 5.41) is 3.45. The Hall–Kier alpha value is -0.610. The van der Waals surface area contributed by atoms with Crippen LogP contribution in [0.15, 0.2) is 0 Å². The SMILES string of the molecule is CC(C)N(CCNC(C)(C)C)CCOC=O. The van der Waals surface area contributed by atoms with E-state index in [4.69, 9.17) is 4.74 Å². The van der Waals surface area contributed by atoms with Crippen molar-refractivity contribution in [1.29, 1.82) is 0 Å². The summed E-state index contributed by atoms with van der Waals surface area (Å²) in [5.74, 6) is 0. The molecule has 0 saturated heterocycles. The molecule has 16 heavy (non-hydrogen) atoms. The average Bonchev–Trinajstić information content (AvgIpc) is 2.13. The summed E-state index contributed by atoms with van der Waals surface area (Å²) in [6.07, 6.45) is 0. The third kappa shape index (κ3) is 8.68. The maximum absolute atomic E-state index is 10.0. The van der Waals surface area contributed by atoms with Crippen LogP contribution >= 0.6 is 0 Å². The second-order valence-electron chi connectivity index (χ2n) is 5.27. The van der Waals surface area contributed by atoms with Crippen molar-refractivity contribution < 1.29 is 9.53 Å². The molecule has 0 saturated carbocycles. The molecule has 0 rings (SSSR count). The van der Waals surface area contributed by atoms with Crippen molar-refractivity contribution in [2.75, 3.05) is 26.2 Å². The Kier molecular flexibility index (Phi) is 7.34. The number of carbonyl (C=O) groups is 1. The van der Waals surface area contributed by atoms with Crippen LogP contribution in [0, 0.1) is 0 Å². The van der Waals surface area contributed by atoms with Gasteiger partial charge in [0.15, 0.2) is 0 Å². The minimum absolute atomic E-state index is 0.155. The third-order valence-electron chi connectivity index (χ3n) is 2.35. The second-order valence-corrected chi connectivity index (χ2v) is 5.27. The van der Waals surface area contributed by atoms with Gasteiger partial charge in [0, 0.05) is 31.2 Å². The summed E-state index contributed by atoms with van der Waals surface area (Å²) in [6, 6.07) is 0.469. The van der Waals surface area contributed by atoms with Crippen LogP contribution in [0.4, 0.5) is 0 Å². The number of nitrogens with one attached hydrogen (secondary N) is 1. The first-order valence-electron chi connectivity index (χ1n) is 5.91. The molecular formula is C12H26N2O2. The number of ether oxygens (including phenoxy) is 1. The second kappa shape index (κ2) is 7.63. The van der Waals surface area contributed by atoms with Gasteiger partial charge in [-0.2, -0.15) is 0 Å². The van der Waals surface area contributed by atoms with Crippen LogP contribution in [-0.2, 0) is 9.53 Å². The molecule has 4 heteroatoms. The molecule has 0 heterocycles. The fraction of sp³-hybridized carbons (Fsp3) is 0.917. The molecule has 0 fully saturated rings. The highest BCUT2D eigenvalue weighted by Gasteiger charge is 2.12. The van der Waals surface area contributed by atoms with E-state index in [-0.39, 0.29) is 5.54 Å². The fourth-order valence-electron chi connectivity index (χ4n) is 1.42. The van der Waals surface area contributed by atoms with E-state index in [1.165, 1.54) is 0 Å². The molecule has 0 amide bonds. The van der Waals surface area contributed by atoms with Gasteiger partial charge < -0.3 is 10.1 Å². The molecule has 0 aromatic carbocycles. The van der Waals surface area contributed by atoms with Gasteiger partial charge in [-0.3, -0.25) is 9.69 Å². The lowest BCUT2D eigenvalue weighted by Gasteiger charge is -2.28. The van der Waals surface area contributed by atoms with Crippen molar-refractivity contribution in [3.8, 4) is 0 Å². The van der Waals surface area contributed by atoms with Crippen molar-refractivity contribution in [2.24, 2.45) is 0 Å². The van der Waals surface area contributed by atoms with Crippen LogP contribution in [-0.4, -0.2) is 49.2 Å². The molecule has 0 radical (unpaired) electrons. The third-order valence-corrected chi connectivity index (χ3v) is 2.35. The summed E-state index contributed by atoms with van der Waals surface area (Å²) in [4.78, 5) is 12.3. The van der Waals surface area contributed by atoms with Crippen molar-refractivity contribution in [1.82, 2.24) is 10.2 Å². The zero-order chi connectivity index (χ0) is 12.6. The Balaban J connectivity index is 3.81. The van der Waals surface area contributed by atoms with Gasteiger partial charge in [0.25, 0.3) is 6.47 Å². The standard InChI is InChI=1S/C12H26N2O2/c1-11(2)14(8-9-16-10-15)7-6-13-12(3,4)5/h10-11,13H,6-9H2,1-5H3. The lowest BCUT2D eigenvalue weighted by molar-refractivity contribution is -0.129. The zero-order valence-corrected chi connectivity index (χ0v) is 11.2. The normalized spacial score (nSPS) is 12.2. The maximum Gasteiger partial charge on any atom is 0.293 e. The van der Waals surface area contributed by atoms with Gasteiger partial charge in [-0.25, -0.2) is 0 Å². The minimum atomic E-state index is 0.155. The van der Waals surface area contributed by atoms with E-state index in [9.17, 15) is 4.79 Å². The molecule has 0 aliphatic heterocycles. The first-order chi connectivity index (χ1) is 7.37. The van der Waals surface area contributed by atoms with Gasteiger partial charge in [0.1, 0.15) is 6.61 Å². The Morgan fingerprint density at radius 1 is 1.31 bits per heavy atom. The molecule has 0 atom stereocenters. The summed E-state index contributed by atoms with van der Waals surface area (Å²) >= 11 is 0. The topological polar surface area (TPSA) is 41.6 Å². The average molecular weight is 230 g/mol. The molecule has 1 N–H and O–H groups in total. The summed E-state index contributed by atoms with van der Waals surface area (Å²) in [6.45, 7) is 14.5. The Bertz CT molecular complexity index is 188. The predicted molar refractivity (Wildman–Crippen MR) is 66.5 cm³/mol. The maximum atomic E-state index is 10.0. The highest BCUT2D eigenvalue weighted by molar-refractivity contribution is 5.36. The molecule has 0 bridgehead atoms. The largest absolute Gasteiger partial charge is 0.467 e. The van der Waals surface area contributed by atoms with E-state index in [2.05, 4.69) is 44.8 Å². The molecule has 4 nitrogen and oxygen atoms in total. The molecule has 0 spiro atoms. The Morgan fingerprint density at radius 2 is 1.94 bits per heavy atom. The Morgan fingerprint density at radius 3 is 2.38 bits per heavy atom. The molecule has 96 valence electrons. The summed E-state index contributed by atoms with van der Waals surface area (Å²) in [7, 11) is 0. The van der Waals surface area contributed by atoms with E-state index in [1.54, 1.807) is 0 Å². The van der Waals surface area contributed by atoms with Gasteiger partial charge in [0.2, 0.25) is 0 Å². The van der Waals surface area contributed by atoms with Crippen LogP contribution in [0.2, 0.25) is 0 Å². The number of rotatable bonds is 8. The summed E-state index contributed by atoms with van der Waals surface area (Å²) < 4.78 is 4.72. The van der Waals surface area contributed by atoms with Crippen molar-refractivity contribution in [3.05, 3.63) is 0 Å². The quantitative estimate of drug-likeness (QED) is 0.503. The van der Waals surface area contributed by atoms with E-state index < -0.39 is 0 Å². The first kappa shape index (κ1) is 15.4. The zero-order valence-electron chi connectivity index (χ0n) is 11.2. The molecular weight excluding hydrogens is 204 g/mol. The molecule has 0 unspecified atom stereocenters. The van der Waals surface area contributed by atoms with Crippen LogP contribution in [0.25, 0.3) is 0 Å². The number of carbonyl (C=O) groups excluding carboxylic acids is 1. The fourth-order valence-corrected chi connectivity index (χ4v) is 1.42. The van der Waals surface area contributed by atoms with Crippen molar-refractivity contribution >= 4 is 6.47 Å². The van der Waals surface area contributed by atoms with Crippen molar-refractivity contribution in [2.45, 2.75) is 46.2 Å². The Labute approximate surface area is 99.3 Å². The van der Waals surface area contributed by atoms with Crippen LogP contribution in [0.5, 0.6) is 0 Å². The first-order valence-corrected chi connectivity index (χ1v) is 5.91. The van der Waals surface area contributed by atoms with Gasteiger partial charge in [-0.15, -0.1) is 0 Å². The molecule has 0 aromatic rings. The van der Waals surface area contributed by atoms with Gasteiger partial charge in [0.05, 0.1) is 0 Å².